The van der Waals surface area contributed by atoms with Crippen LogP contribution in [0.2, 0.25) is 0 Å². The second kappa shape index (κ2) is 9.30. The first-order valence-electron chi connectivity index (χ1n) is 7.22. The van der Waals surface area contributed by atoms with Gasteiger partial charge in [0.25, 0.3) is 0 Å². The lowest BCUT2D eigenvalue weighted by Crippen LogP contribution is -2.39. The summed E-state index contributed by atoms with van der Waals surface area (Å²) in [5.41, 5.74) is 5.25. The van der Waals surface area contributed by atoms with Gasteiger partial charge in [0.05, 0.1) is 12.6 Å². The molecule has 1 atom stereocenters. The summed E-state index contributed by atoms with van der Waals surface area (Å²) in [5.74, 6) is -0.578. The van der Waals surface area contributed by atoms with Gasteiger partial charge in [-0.1, -0.05) is 0 Å². The van der Waals surface area contributed by atoms with E-state index in [9.17, 15) is 19.5 Å². The van der Waals surface area contributed by atoms with Crippen LogP contribution in [0.25, 0.3) is 0 Å². The van der Waals surface area contributed by atoms with E-state index >= 15 is 0 Å². The number of hydrogen-bond donors (Lipinski definition) is 4. The molecule has 1 aliphatic heterocycles. The number of nitrogens with zero attached hydrogens (tertiary/aromatic N) is 1. The number of likely N-dealkylation sites (tertiary alicyclic amines) is 1. The molecule has 3 amide bonds. The lowest BCUT2D eigenvalue weighted by atomic mass is 10.2. The van der Waals surface area contributed by atoms with Crippen molar-refractivity contribution in [3.63, 3.8) is 0 Å². The Kier molecular flexibility index (Phi) is 7.70. The number of amides is 3. The molecule has 0 bridgehead atoms. The van der Waals surface area contributed by atoms with Crippen LogP contribution in [0.3, 0.4) is 0 Å². The second-order valence-corrected chi connectivity index (χ2v) is 5.05. The van der Waals surface area contributed by atoms with Crippen LogP contribution in [0.5, 0.6) is 0 Å². The molecule has 21 heavy (non-hydrogen) atoms. The lowest BCUT2D eigenvalue weighted by molar-refractivity contribution is -0.132. The van der Waals surface area contributed by atoms with Crippen LogP contribution >= 0.6 is 0 Å². The Bertz CT molecular complexity index is 375. The summed E-state index contributed by atoms with van der Waals surface area (Å²) in [5, 5.41) is 14.5. The normalized spacial score (nSPS) is 17.6. The van der Waals surface area contributed by atoms with Crippen LogP contribution in [-0.2, 0) is 14.4 Å². The molecule has 5 N–H and O–H groups in total. The molecule has 0 aromatic heterocycles. The van der Waals surface area contributed by atoms with Crippen molar-refractivity contribution in [1.82, 2.24) is 15.5 Å². The van der Waals surface area contributed by atoms with Crippen molar-refractivity contribution in [3.8, 4) is 0 Å². The summed E-state index contributed by atoms with van der Waals surface area (Å²) >= 11 is 0. The summed E-state index contributed by atoms with van der Waals surface area (Å²) in [6.07, 6.45) is 1.01. The Hall–Kier alpha value is -1.67. The van der Waals surface area contributed by atoms with Gasteiger partial charge >= 0.3 is 0 Å². The van der Waals surface area contributed by atoms with Crippen molar-refractivity contribution in [2.45, 2.75) is 31.8 Å². The zero-order valence-corrected chi connectivity index (χ0v) is 12.1. The van der Waals surface area contributed by atoms with Gasteiger partial charge in [-0.3, -0.25) is 14.4 Å². The molecule has 1 heterocycles. The Morgan fingerprint density at radius 1 is 1.19 bits per heavy atom. The van der Waals surface area contributed by atoms with E-state index in [1.165, 1.54) is 4.90 Å². The molecule has 0 aromatic rings. The molecule has 1 unspecified atom stereocenters. The van der Waals surface area contributed by atoms with Gasteiger partial charge < -0.3 is 26.4 Å². The summed E-state index contributed by atoms with van der Waals surface area (Å²) in [4.78, 5) is 36.1. The van der Waals surface area contributed by atoms with E-state index in [0.29, 0.717) is 39.0 Å². The number of carbonyl (C=O) groups excluding carboxylic acids is 3. The van der Waals surface area contributed by atoms with E-state index < -0.39 is 6.10 Å². The molecule has 0 saturated carbocycles. The fraction of sp³-hybridized carbons (Fsp3) is 0.769. The van der Waals surface area contributed by atoms with Crippen molar-refractivity contribution in [2.24, 2.45) is 5.73 Å². The minimum absolute atomic E-state index is 0.0646. The number of aliphatic hydroxyl groups excluding tert-OH is 1. The number of β-amino-alcohol motifs (C(OH)–C–C–N with tert-alkyl or cyclic N) is 1. The average Bonchev–Trinajstić information content (AvgIpc) is 2.89. The van der Waals surface area contributed by atoms with Gasteiger partial charge in [0.15, 0.2) is 0 Å². The number of carbonyl (C=O) groups is 3. The van der Waals surface area contributed by atoms with Crippen molar-refractivity contribution in [1.29, 1.82) is 0 Å². The average molecular weight is 300 g/mol. The second-order valence-electron chi connectivity index (χ2n) is 5.05. The third-order valence-electron chi connectivity index (χ3n) is 3.23. The SMILES string of the molecule is NCCNC(=O)CCCC(=O)NCC(=O)N1CCC(O)C1. The number of nitrogens with two attached hydrogens (primary N) is 1. The maximum atomic E-state index is 11.7. The van der Waals surface area contributed by atoms with Gasteiger partial charge in [-0.05, 0) is 12.8 Å². The van der Waals surface area contributed by atoms with E-state index in [-0.39, 0.29) is 37.1 Å². The fourth-order valence-electron chi connectivity index (χ4n) is 2.05. The highest BCUT2D eigenvalue weighted by Crippen LogP contribution is 2.08. The highest BCUT2D eigenvalue weighted by molar-refractivity contribution is 5.85. The van der Waals surface area contributed by atoms with E-state index in [1.54, 1.807) is 0 Å². The molecule has 8 heteroatoms. The molecule has 0 aromatic carbocycles. The highest BCUT2D eigenvalue weighted by atomic mass is 16.3. The first kappa shape index (κ1) is 17.4. The molecule has 8 nitrogen and oxygen atoms in total. The highest BCUT2D eigenvalue weighted by Gasteiger charge is 2.24. The Morgan fingerprint density at radius 3 is 2.43 bits per heavy atom. The van der Waals surface area contributed by atoms with E-state index in [1.807, 2.05) is 0 Å². The monoisotopic (exact) mass is 300 g/mol. The van der Waals surface area contributed by atoms with Crippen LogP contribution in [0.4, 0.5) is 0 Å². The van der Waals surface area contributed by atoms with Crippen molar-refractivity contribution in [2.75, 3.05) is 32.7 Å². The van der Waals surface area contributed by atoms with Gasteiger partial charge in [-0.25, -0.2) is 0 Å². The third kappa shape index (κ3) is 7.05. The largest absolute Gasteiger partial charge is 0.391 e. The molecule has 120 valence electrons. The van der Waals surface area contributed by atoms with Crippen LogP contribution in [0.1, 0.15) is 25.7 Å². The number of rotatable bonds is 8. The zero-order chi connectivity index (χ0) is 15.7. The van der Waals surface area contributed by atoms with Gasteiger partial charge in [0.2, 0.25) is 17.7 Å². The minimum Gasteiger partial charge on any atom is -0.391 e. The topological polar surface area (TPSA) is 125 Å². The van der Waals surface area contributed by atoms with Gasteiger partial charge in [-0.2, -0.15) is 0 Å². The molecule has 0 spiro atoms. The lowest BCUT2D eigenvalue weighted by Gasteiger charge is -2.15. The molecule has 1 saturated heterocycles. The van der Waals surface area contributed by atoms with Gasteiger partial charge in [0, 0.05) is 39.0 Å². The summed E-state index contributed by atoms with van der Waals surface area (Å²) in [6.45, 7) is 1.61. The van der Waals surface area contributed by atoms with Crippen LogP contribution in [0, 0.1) is 0 Å². The van der Waals surface area contributed by atoms with E-state index in [2.05, 4.69) is 10.6 Å². The Labute approximate surface area is 124 Å². The maximum Gasteiger partial charge on any atom is 0.242 e. The molecule has 1 fully saturated rings. The van der Waals surface area contributed by atoms with E-state index in [0.717, 1.165) is 0 Å². The quantitative estimate of drug-likeness (QED) is 0.410. The maximum absolute atomic E-state index is 11.7. The fourth-order valence-corrected chi connectivity index (χ4v) is 2.05. The molecular formula is C13H24N4O4. The minimum atomic E-state index is -0.461. The number of nitrogens with one attached hydrogen (secondary N) is 2. The third-order valence-corrected chi connectivity index (χ3v) is 3.23. The zero-order valence-electron chi connectivity index (χ0n) is 12.1. The Balaban J connectivity index is 2.08. The predicted molar refractivity (Wildman–Crippen MR) is 76.1 cm³/mol. The smallest absolute Gasteiger partial charge is 0.242 e. The van der Waals surface area contributed by atoms with Crippen LogP contribution in [-0.4, -0.2) is 66.6 Å². The van der Waals surface area contributed by atoms with Crippen molar-refractivity contribution < 1.29 is 19.5 Å². The molecule has 0 radical (unpaired) electrons. The van der Waals surface area contributed by atoms with Gasteiger partial charge in [-0.15, -0.1) is 0 Å². The Morgan fingerprint density at radius 2 is 1.86 bits per heavy atom. The summed E-state index contributed by atoms with van der Waals surface area (Å²) in [7, 11) is 0. The van der Waals surface area contributed by atoms with E-state index in [4.69, 9.17) is 5.73 Å². The first-order chi connectivity index (χ1) is 10.0. The van der Waals surface area contributed by atoms with Crippen molar-refractivity contribution >= 4 is 17.7 Å². The molecule has 1 aliphatic rings. The van der Waals surface area contributed by atoms with Crippen molar-refractivity contribution in [3.05, 3.63) is 0 Å². The first-order valence-corrected chi connectivity index (χ1v) is 7.22. The van der Waals surface area contributed by atoms with Crippen LogP contribution < -0.4 is 16.4 Å². The predicted octanol–water partition coefficient (Wildman–Crippen LogP) is -2.06. The number of aliphatic hydroxyl groups is 1. The van der Waals surface area contributed by atoms with Crippen LogP contribution in [0.15, 0.2) is 0 Å². The molecule has 0 aliphatic carbocycles. The molecule has 1 rings (SSSR count). The standard InChI is InChI=1S/C13H24N4O4/c14-5-6-15-11(19)2-1-3-12(20)16-8-13(21)17-7-4-10(18)9-17/h10,18H,1-9,14H2,(H,15,19)(H,16,20). The van der Waals surface area contributed by atoms with Gasteiger partial charge in [0.1, 0.15) is 0 Å². The number of hydrogen-bond acceptors (Lipinski definition) is 5. The summed E-state index contributed by atoms with van der Waals surface area (Å²) in [6, 6.07) is 0. The molecular weight excluding hydrogens is 276 g/mol. The summed E-state index contributed by atoms with van der Waals surface area (Å²) < 4.78 is 0.